The molecule has 0 atom stereocenters. The number of thioether (sulfide) groups is 1. The van der Waals surface area contributed by atoms with Crippen LogP contribution in [0.25, 0.3) is 10.9 Å². The third-order valence-corrected chi connectivity index (χ3v) is 6.29. The number of rotatable bonds is 6. The topological polar surface area (TPSA) is 63.6 Å². The van der Waals surface area contributed by atoms with Gasteiger partial charge in [-0.2, -0.15) is 0 Å². The molecule has 2 heterocycles. The summed E-state index contributed by atoms with van der Waals surface area (Å²) in [5.74, 6) is 0.546. The number of hydrogen-bond donors (Lipinski definition) is 1. The van der Waals surface area contributed by atoms with Crippen molar-refractivity contribution in [3.63, 3.8) is 0 Å². The third kappa shape index (κ3) is 3.65. The first kappa shape index (κ1) is 20.3. The minimum absolute atomic E-state index is 0.0482. The number of methoxy groups -OCH3 is 1. The lowest BCUT2D eigenvalue weighted by atomic mass is 10.2. The lowest BCUT2D eigenvalue weighted by Gasteiger charge is -2.18. The summed E-state index contributed by atoms with van der Waals surface area (Å²) in [6.07, 6.45) is 3.33. The quantitative estimate of drug-likeness (QED) is 0.610. The molecule has 0 bridgehead atoms. The number of carbonyl (C=O) groups excluding carboxylic acids is 2. The molecule has 2 amide bonds. The number of ether oxygens (including phenoxy) is 1. The molecule has 156 valence electrons. The minimum atomic E-state index is -0.198. The number of anilines is 1. The van der Waals surface area contributed by atoms with Crippen molar-refractivity contribution in [2.75, 3.05) is 24.8 Å². The van der Waals surface area contributed by atoms with E-state index >= 15 is 0 Å². The molecule has 6 nitrogen and oxygen atoms in total. The predicted octanol–water partition coefficient (Wildman–Crippen LogP) is 3.97. The number of fused-ring (bicyclic) bond motifs is 1. The van der Waals surface area contributed by atoms with Crippen molar-refractivity contribution in [2.24, 2.45) is 7.05 Å². The maximum absolute atomic E-state index is 13.3. The summed E-state index contributed by atoms with van der Waals surface area (Å²) < 4.78 is 7.25. The van der Waals surface area contributed by atoms with Crippen LogP contribution >= 0.6 is 11.8 Å². The Bertz CT molecular complexity index is 1110. The highest BCUT2D eigenvalue weighted by Gasteiger charge is 2.31. The normalized spacial score (nSPS) is 13.8. The zero-order valence-corrected chi connectivity index (χ0v) is 18.2. The predicted molar refractivity (Wildman–Crippen MR) is 120 cm³/mol. The molecule has 1 N–H and O–H groups in total. The highest BCUT2D eigenvalue weighted by Crippen LogP contribution is 2.37. The Balaban J connectivity index is 1.71. The molecule has 0 unspecified atom stereocenters. The maximum Gasteiger partial charge on any atom is 0.270 e. The summed E-state index contributed by atoms with van der Waals surface area (Å²) in [6, 6.07) is 13.8. The fourth-order valence-corrected chi connectivity index (χ4v) is 4.37. The van der Waals surface area contributed by atoms with E-state index in [-0.39, 0.29) is 11.8 Å². The molecule has 1 aliphatic rings. The molecule has 0 aliphatic carbocycles. The van der Waals surface area contributed by atoms with Crippen LogP contribution in [0.15, 0.2) is 47.4 Å². The second-order valence-electron chi connectivity index (χ2n) is 7.32. The number of nitrogens with zero attached hydrogens (tertiary/aromatic N) is 2. The van der Waals surface area contributed by atoms with E-state index in [4.69, 9.17) is 4.74 Å². The van der Waals surface area contributed by atoms with Crippen LogP contribution in [0.4, 0.5) is 5.69 Å². The van der Waals surface area contributed by atoms with Gasteiger partial charge in [0.15, 0.2) is 0 Å². The first-order chi connectivity index (χ1) is 14.5. The highest BCUT2D eigenvalue weighted by atomic mass is 32.2. The van der Waals surface area contributed by atoms with Gasteiger partial charge >= 0.3 is 0 Å². The summed E-state index contributed by atoms with van der Waals surface area (Å²) in [4.78, 5) is 28.7. The molecule has 0 saturated carbocycles. The maximum atomic E-state index is 13.3. The van der Waals surface area contributed by atoms with Crippen LogP contribution in [-0.2, 0) is 18.4 Å². The van der Waals surface area contributed by atoms with E-state index in [9.17, 15) is 9.59 Å². The van der Waals surface area contributed by atoms with Gasteiger partial charge in [0.25, 0.3) is 5.91 Å². The largest absolute Gasteiger partial charge is 0.497 e. The molecule has 1 fully saturated rings. The Kier molecular flexibility index (Phi) is 5.72. The molecule has 2 aromatic carbocycles. The highest BCUT2D eigenvalue weighted by molar-refractivity contribution is 7.98. The van der Waals surface area contributed by atoms with Crippen LogP contribution in [0.3, 0.4) is 0 Å². The summed E-state index contributed by atoms with van der Waals surface area (Å²) in [5.41, 5.74) is 3.08. The standard InChI is InChI=1S/C23H25N3O3S/c1-25-19-11-8-16(29-2)13-18(19)21(26-12-4-5-20(26)27)22(25)23(28)24-14-15-6-9-17(30-3)10-7-15/h6-11,13H,4-5,12,14H2,1-3H3,(H,24,28). The molecule has 3 aromatic rings. The zero-order valence-electron chi connectivity index (χ0n) is 17.4. The molecule has 4 rings (SSSR count). The Morgan fingerprint density at radius 3 is 2.60 bits per heavy atom. The lowest BCUT2D eigenvalue weighted by Crippen LogP contribution is -2.30. The first-order valence-corrected chi connectivity index (χ1v) is 11.1. The summed E-state index contributed by atoms with van der Waals surface area (Å²) in [6.45, 7) is 1.04. The minimum Gasteiger partial charge on any atom is -0.497 e. The van der Waals surface area contributed by atoms with Crippen molar-refractivity contribution in [3.8, 4) is 5.75 Å². The van der Waals surface area contributed by atoms with E-state index in [0.717, 1.165) is 22.9 Å². The van der Waals surface area contributed by atoms with Gasteiger partial charge in [-0.05, 0) is 48.6 Å². The second kappa shape index (κ2) is 8.44. The van der Waals surface area contributed by atoms with Gasteiger partial charge in [0.1, 0.15) is 11.4 Å². The SMILES string of the molecule is COc1ccc2c(c1)c(N1CCCC1=O)c(C(=O)NCc1ccc(SC)cc1)n2C. The van der Waals surface area contributed by atoms with Crippen molar-refractivity contribution in [1.82, 2.24) is 9.88 Å². The number of carbonyl (C=O) groups is 2. The molecule has 1 aliphatic heterocycles. The van der Waals surface area contributed by atoms with E-state index in [0.29, 0.717) is 36.6 Å². The van der Waals surface area contributed by atoms with Crippen LogP contribution in [0.1, 0.15) is 28.9 Å². The second-order valence-corrected chi connectivity index (χ2v) is 8.20. The molecule has 30 heavy (non-hydrogen) atoms. The number of aromatic nitrogens is 1. The molecule has 0 radical (unpaired) electrons. The van der Waals surface area contributed by atoms with Crippen LogP contribution in [0, 0.1) is 0 Å². The van der Waals surface area contributed by atoms with Gasteiger partial charge in [-0.15, -0.1) is 11.8 Å². The third-order valence-electron chi connectivity index (χ3n) is 5.55. The van der Waals surface area contributed by atoms with Crippen LogP contribution in [0.2, 0.25) is 0 Å². The van der Waals surface area contributed by atoms with Gasteiger partial charge in [0.05, 0.1) is 18.3 Å². The van der Waals surface area contributed by atoms with Crippen molar-refractivity contribution < 1.29 is 14.3 Å². The Hall–Kier alpha value is -2.93. The Labute approximate surface area is 180 Å². The molecule has 0 spiro atoms. The molecular weight excluding hydrogens is 398 g/mol. The van der Waals surface area contributed by atoms with Crippen molar-refractivity contribution in [2.45, 2.75) is 24.3 Å². The molecular formula is C23H25N3O3S. The molecule has 1 saturated heterocycles. The Morgan fingerprint density at radius 2 is 1.97 bits per heavy atom. The fraction of sp³-hybridized carbons (Fsp3) is 0.304. The number of benzene rings is 2. The van der Waals surface area contributed by atoms with Crippen LogP contribution in [-0.4, -0.2) is 36.3 Å². The van der Waals surface area contributed by atoms with E-state index in [2.05, 4.69) is 5.32 Å². The van der Waals surface area contributed by atoms with Crippen LogP contribution in [0.5, 0.6) is 5.75 Å². The smallest absolute Gasteiger partial charge is 0.270 e. The van der Waals surface area contributed by atoms with Crippen molar-refractivity contribution >= 4 is 40.2 Å². The van der Waals surface area contributed by atoms with Gasteiger partial charge < -0.3 is 19.5 Å². The Morgan fingerprint density at radius 1 is 1.20 bits per heavy atom. The number of amides is 2. The van der Waals surface area contributed by atoms with Gasteiger partial charge in [-0.3, -0.25) is 9.59 Å². The zero-order chi connectivity index (χ0) is 21.3. The summed E-state index contributed by atoms with van der Waals surface area (Å²) in [5, 5.41) is 3.87. The average molecular weight is 424 g/mol. The average Bonchev–Trinajstić information content (AvgIpc) is 3.32. The van der Waals surface area contributed by atoms with Gasteiger partial charge in [0, 0.05) is 36.8 Å². The van der Waals surface area contributed by atoms with Gasteiger partial charge in [-0.25, -0.2) is 0 Å². The summed E-state index contributed by atoms with van der Waals surface area (Å²) >= 11 is 1.68. The van der Waals surface area contributed by atoms with Crippen LogP contribution < -0.4 is 15.0 Å². The number of aryl methyl sites for hydroxylation is 1. The fourth-order valence-electron chi connectivity index (χ4n) is 3.96. The van der Waals surface area contributed by atoms with Gasteiger partial charge in [0.2, 0.25) is 5.91 Å². The number of nitrogens with one attached hydrogen (secondary N) is 1. The van der Waals surface area contributed by atoms with E-state index in [1.165, 1.54) is 4.90 Å². The van der Waals surface area contributed by atoms with E-state index in [1.54, 1.807) is 23.8 Å². The number of hydrogen-bond acceptors (Lipinski definition) is 4. The van der Waals surface area contributed by atoms with Crippen molar-refractivity contribution in [3.05, 3.63) is 53.7 Å². The van der Waals surface area contributed by atoms with Crippen molar-refractivity contribution in [1.29, 1.82) is 0 Å². The monoisotopic (exact) mass is 423 g/mol. The molecule has 7 heteroatoms. The lowest BCUT2D eigenvalue weighted by molar-refractivity contribution is -0.117. The van der Waals surface area contributed by atoms with E-state index < -0.39 is 0 Å². The van der Waals surface area contributed by atoms with E-state index in [1.807, 2.05) is 60.3 Å². The molecule has 1 aromatic heterocycles. The van der Waals surface area contributed by atoms with Gasteiger partial charge in [-0.1, -0.05) is 12.1 Å². The summed E-state index contributed by atoms with van der Waals surface area (Å²) in [7, 11) is 3.47. The first-order valence-electron chi connectivity index (χ1n) is 9.91.